The van der Waals surface area contributed by atoms with Gasteiger partial charge in [0.2, 0.25) is 0 Å². The van der Waals surface area contributed by atoms with E-state index in [2.05, 4.69) is 20.4 Å². The first-order valence-corrected chi connectivity index (χ1v) is 11.5. The lowest BCUT2D eigenvalue weighted by atomic mass is 9.93. The minimum absolute atomic E-state index is 0.283. The van der Waals surface area contributed by atoms with Gasteiger partial charge < -0.3 is 15.4 Å². The molecule has 1 saturated carbocycles. The molecule has 2 N–H and O–H groups in total. The van der Waals surface area contributed by atoms with Crippen LogP contribution in [-0.4, -0.2) is 67.7 Å². The number of hydrogen-bond acceptors (Lipinski definition) is 5. The van der Waals surface area contributed by atoms with Crippen molar-refractivity contribution in [2.24, 2.45) is 0 Å². The number of carbonyl (C=O) groups excluding carboxylic acids is 2. The number of ether oxygens (including phenoxy) is 1. The van der Waals surface area contributed by atoms with E-state index < -0.39 is 12.0 Å². The van der Waals surface area contributed by atoms with Gasteiger partial charge in [-0.2, -0.15) is 0 Å². The van der Waals surface area contributed by atoms with Crippen molar-refractivity contribution in [3.63, 3.8) is 0 Å². The summed E-state index contributed by atoms with van der Waals surface area (Å²) in [5.41, 5.74) is 3.14. The number of aryl methyl sites for hydroxylation is 1. The highest BCUT2D eigenvalue weighted by Gasteiger charge is 2.34. The van der Waals surface area contributed by atoms with E-state index in [-0.39, 0.29) is 6.03 Å². The third-order valence-electron chi connectivity index (χ3n) is 6.85. The zero-order valence-corrected chi connectivity index (χ0v) is 18.7. The smallest absolute Gasteiger partial charge is 0.338 e. The number of carbonyl (C=O) groups is 2. The summed E-state index contributed by atoms with van der Waals surface area (Å²) in [6, 6.07) is 7.81. The second kappa shape index (κ2) is 9.83. The molecule has 31 heavy (non-hydrogen) atoms. The van der Waals surface area contributed by atoms with Crippen molar-refractivity contribution in [2.45, 2.75) is 51.1 Å². The van der Waals surface area contributed by atoms with Gasteiger partial charge in [0, 0.05) is 44.5 Å². The number of esters is 1. The number of nitrogens with one attached hydrogen (secondary N) is 2. The van der Waals surface area contributed by atoms with E-state index in [1.807, 2.05) is 31.2 Å². The Morgan fingerprint density at radius 1 is 1.06 bits per heavy atom. The molecule has 1 saturated heterocycles. The van der Waals surface area contributed by atoms with Gasteiger partial charge in [-0.25, -0.2) is 9.59 Å². The van der Waals surface area contributed by atoms with Crippen molar-refractivity contribution in [2.75, 3.05) is 39.8 Å². The molecular formula is C24H34N4O3. The van der Waals surface area contributed by atoms with Crippen molar-refractivity contribution >= 4 is 12.0 Å². The maximum atomic E-state index is 12.7. The monoisotopic (exact) mass is 426 g/mol. The van der Waals surface area contributed by atoms with Crippen LogP contribution in [0.5, 0.6) is 0 Å². The molecule has 0 bridgehead atoms. The highest BCUT2D eigenvalue weighted by molar-refractivity contribution is 5.95. The number of hydrogen-bond donors (Lipinski definition) is 2. The molecule has 0 unspecified atom stereocenters. The lowest BCUT2D eigenvalue weighted by molar-refractivity contribution is -0.136. The van der Waals surface area contributed by atoms with Gasteiger partial charge in [0.1, 0.15) is 0 Å². The van der Waals surface area contributed by atoms with E-state index in [9.17, 15) is 9.59 Å². The van der Waals surface area contributed by atoms with Gasteiger partial charge in [-0.05, 0) is 25.3 Å². The van der Waals surface area contributed by atoms with Crippen molar-refractivity contribution in [3.8, 4) is 0 Å². The Morgan fingerprint density at radius 3 is 2.39 bits per heavy atom. The Bertz CT molecular complexity index is 822. The summed E-state index contributed by atoms with van der Waals surface area (Å²) in [5.74, 6) is -0.408. The van der Waals surface area contributed by atoms with Gasteiger partial charge in [0.15, 0.2) is 0 Å². The van der Waals surface area contributed by atoms with E-state index in [0.29, 0.717) is 17.8 Å². The fourth-order valence-corrected chi connectivity index (χ4v) is 5.06. The average Bonchev–Trinajstić information content (AvgIpc) is 2.80. The fraction of sp³-hybridized carbons (Fsp3) is 0.583. The largest absolute Gasteiger partial charge is 0.466 e. The number of methoxy groups -OCH3 is 1. The van der Waals surface area contributed by atoms with Crippen LogP contribution in [0.15, 0.2) is 35.5 Å². The topological polar surface area (TPSA) is 73.9 Å². The average molecular weight is 427 g/mol. The molecule has 7 heteroatoms. The maximum Gasteiger partial charge on any atom is 0.338 e. The first-order chi connectivity index (χ1) is 15.0. The molecule has 7 nitrogen and oxygen atoms in total. The van der Waals surface area contributed by atoms with Gasteiger partial charge >= 0.3 is 12.0 Å². The summed E-state index contributed by atoms with van der Waals surface area (Å²) in [5, 5.41) is 5.79. The molecule has 0 radical (unpaired) electrons. The lowest BCUT2D eigenvalue weighted by Gasteiger charge is -2.41. The van der Waals surface area contributed by atoms with Crippen molar-refractivity contribution in [1.82, 2.24) is 20.4 Å². The van der Waals surface area contributed by atoms with E-state index in [1.165, 1.54) is 39.2 Å². The Kier molecular flexibility index (Phi) is 6.92. The minimum Gasteiger partial charge on any atom is -0.466 e. The van der Waals surface area contributed by atoms with E-state index >= 15 is 0 Å². The number of nitrogens with zero attached hydrogens (tertiary/aromatic N) is 2. The van der Waals surface area contributed by atoms with Gasteiger partial charge in [-0.3, -0.25) is 9.80 Å². The maximum absolute atomic E-state index is 12.7. The zero-order chi connectivity index (χ0) is 21.8. The second-order valence-electron chi connectivity index (χ2n) is 8.93. The molecule has 2 fully saturated rings. The Hall–Kier alpha value is -2.38. The van der Waals surface area contributed by atoms with Gasteiger partial charge in [-0.15, -0.1) is 0 Å². The predicted molar refractivity (Wildman–Crippen MR) is 120 cm³/mol. The molecule has 168 valence electrons. The Labute approximate surface area is 184 Å². The standard InChI is InChI=1S/C24H34N4O3/c1-17-8-10-18(11-9-17)22-21(23(29)31-2)20(25-24(30)26-22)16-27-12-14-28(15-13-27)19-6-4-3-5-7-19/h8-11,19,22H,3-7,12-16H2,1-2H3,(H2,25,26,30)/t22-/m0/s1. The molecule has 0 spiro atoms. The van der Waals surface area contributed by atoms with Crippen molar-refractivity contribution in [3.05, 3.63) is 46.7 Å². The third kappa shape index (κ3) is 5.10. The summed E-state index contributed by atoms with van der Waals surface area (Å²) in [6.07, 6.45) is 6.70. The van der Waals surface area contributed by atoms with Crippen LogP contribution in [0.4, 0.5) is 4.79 Å². The van der Waals surface area contributed by atoms with Crippen LogP contribution >= 0.6 is 0 Å². The highest BCUT2D eigenvalue weighted by atomic mass is 16.5. The quantitative estimate of drug-likeness (QED) is 0.709. The first-order valence-electron chi connectivity index (χ1n) is 11.5. The van der Waals surface area contributed by atoms with E-state index in [4.69, 9.17) is 4.74 Å². The van der Waals surface area contributed by atoms with Crippen LogP contribution in [-0.2, 0) is 9.53 Å². The number of piperazine rings is 1. The van der Waals surface area contributed by atoms with Crippen molar-refractivity contribution in [1.29, 1.82) is 0 Å². The third-order valence-corrected chi connectivity index (χ3v) is 6.85. The van der Waals surface area contributed by atoms with Gasteiger partial charge in [0.25, 0.3) is 0 Å². The van der Waals surface area contributed by atoms with Crippen LogP contribution < -0.4 is 10.6 Å². The highest BCUT2D eigenvalue weighted by Crippen LogP contribution is 2.29. The second-order valence-corrected chi connectivity index (χ2v) is 8.93. The summed E-state index contributed by atoms with van der Waals surface area (Å²) < 4.78 is 5.10. The normalized spacial score (nSPS) is 23.9. The zero-order valence-electron chi connectivity index (χ0n) is 18.7. The van der Waals surface area contributed by atoms with Gasteiger partial charge in [0.05, 0.1) is 18.7 Å². The van der Waals surface area contributed by atoms with Crippen LogP contribution in [0.3, 0.4) is 0 Å². The predicted octanol–water partition coefficient (Wildman–Crippen LogP) is 2.73. The van der Waals surface area contributed by atoms with Crippen LogP contribution in [0.25, 0.3) is 0 Å². The van der Waals surface area contributed by atoms with Gasteiger partial charge in [-0.1, -0.05) is 49.1 Å². The Morgan fingerprint density at radius 2 is 1.74 bits per heavy atom. The SMILES string of the molecule is COC(=O)C1=C(CN2CCN(C3CCCCC3)CC2)NC(=O)N[C@H]1c1ccc(C)cc1. The fourth-order valence-electron chi connectivity index (χ4n) is 5.06. The molecular weight excluding hydrogens is 392 g/mol. The molecule has 2 amide bonds. The molecule has 3 aliphatic rings. The van der Waals surface area contributed by atoms with Crippen LogP contribution in [0.2, 0.25) is 0 Å². The molecule has 1 aromatic carbocycles. The van der Waals surface area contributed by atoms with Crippen LogP contribution in [0, 0.1) is 6.92 Å². The van der Waals surface area contributed by atoms with Crippen LogP contribution in [0.1, 0.15) is 49.3 Å². The number of amides is 2. The molecule has 2 heterocycles. The summed E-state index contributed by atoms with van der Waals surface area (Å²) >= 11 is 0. The number of benzene rings is 1. The van der Waals surface area contributed by atoms with E-state index in [1.54, 1.807) is 0 Å². The number of rotatable bonds is 5. The molecule has 4 rings (SSSR count). The molecule has 1 aromatic rings. The lowest BCUT2D eigenvalue weighted by Crippen LogP contribution is -2.53. The van der Waals surface area contributed by atoms with E-state index in [0.717, 1.165) is 43.3 Å². The number of urea groups is 1. The minimum atomic E-state index is -0.514. The molecule has 1 aliphatic carbocycles. The first kappa shape index (κ1) is 21.8. The molecule has 0 aromatic heterocycles. The summed E-state index contributed by atoms with van der Waals surface area (Å²) in [4.78, 5) is 30.1. The molecule has 1 atom stereocenters. The Balaban J connectivity index is 1.50. The van der Waals surface area contributed by atoms with Crippen molar-refractivity contribution < 1.29 is 14.3 Å². The summed E-state index contributed by atoms with van der Waals surface area (Å²) in [6.45, 7) is 6.51. The molecule has 2 aliphatic heterocycles. The summed E-state index contributed by atoms with van der Waals surface area (Å²) in [7, 11) is 1.39.